The molecule has 1 aromatic carbocycles. The summed E-state index contributed by atoms with van der Waals surface area (Å²) in [6, 6.07) is 9.06. The van der Waals surface area contributed by atoms with Gasteiger partial charge in [-0.25, -0.2) is 0 Å². The van der Waals surface area contributed by atoms with Crippen molar-refractivity contribution in [2.75, 3.05) is 11.1 Å². The Hall–Kier alpha value is -2.21. The van der Waals surface area contributed by atoms with Gasteiger partial charge < -0.3 is 14.8 Å². The highest BCUT2D eigenvalue weighted by molar-refractivity contribution is 7.99. The van der Waals surface area contributed by atoms with Gasteiger partial charge in [-0.3, -0.25) is 9.59 Å². The van der Waals surface area contributed by atoms with E-state index >= 15 is 0 Å². The van der Waals surface area contributed by atoms with Gasteiger partial charge in [0.15, 0.2) is 0 Å². The first kappa shape index (κ1) is 17.1. The van der Waals surface area contributed by atoms with Crippen LogP contribution in [-0.2, 0) is 10.5 Å². The molecule has 0 saturated carbocycles. The minimum absolute atomic E-state index is 0.0589. The number of carbonyl (C=O) groups excluding carboxylic acids is 1. The van der Waals surface area contributed by atoms with Crippen molar-refractivity contribution in [2.24, 2.45) is 0 Å². The molecule has 1 heterocycles. The minimum atomic E-state index is -0.833. The number of nitrogens with one attached hydrogen (secondary N) is 1. The summed E-state index contributed by atoms with van der Waals surface area (Å²) in [4.78, 5) is 22.9. The molecule has 0 radical (unpaired) electrons. The average molecular weight is 333 g/mol. The number of carbonyl (C=O) groups is 2. The Bertz CT molecular complexity index is 693. The summed E-state index contributed by atoms with van der Waals surface area (Å²) in [7, 11) is 0. The SMILES string of the molecule is CC(C)c1occc1C(=O)Nc1cccc(CSCC(=O)O)c1. The van der Waals surface area contributed by atoms with Gasteiger partial charge in [0.05, 0.1) is 17.6 Å². The summed E-state index contributed by atoms with van der Waals surface area (Å²) in [5.41, 5.74) is 2.18. The van der Waals surface area contributed by atoms with Crippen LogP contribution in [0.25, 0.3) is 0 Å². The van der Waals surface area contributed by atoms with Crippen molar-refractivity contribution in [3.63, 3.8) is 0 Å². The number of hydrogen-bond acceptors (Lipinski definition) is 4. The van der Waals surface area contributed by atoms with Crippen molar-refractivity contribution in [3.8, 4) is 0 Å². The van der Waals surface area contributed by atoms with E-state index in [1.54, 1.807) is 12.1 Å². The monoisotopic (exact) mass is 333 g/mol. The molecule has 1 aromatic heterocycles. The van der Waals surface area contributed by atoms with Crippen molar-refractivity contribution in [3.05, 3.63) is 53.5 Å². The first-order chi connectivity index (χ1) is 11.0. The molecule has 2 N–H and O–H groups in total. The summed E-state index contributed by atoms with van der Waals surface area (Å²) < 4.78 is 5.36. The van der Waals surface area contributed by atoms with Crippen LogP contribution in [0.3, 0.4) is 0 Å². The number of aliphatic carboxylic acids is 1. The van der Waals surface area contributed by atoms with E-state index in [1.165, 1.54) is 18.0 Å². The van der Waals surface area contributed by atoms with Crippen LogP contribution in [-0.4, -0.2) is 22.7 Å². The van der Waals surface area contributed by atoms with Gasteiger partial charge in [-0.15, -0.1) is 11.8 Å². The number of furan rings is 1. The number of rotatable bonds is 7. The number of carboxylic acids is 1. The molecule has 6 heteroatoms. The Kier molecular flexibility index (Phi) is 5.87. The van der Waals surface area contributed by atoms with Crippen LogP contribution in [0.2, 0.25) is 0 Å². The topological polar surface area (TPSA) is 79.5 Å². The van der Waals surface area contributed by atoms with Gasteiger partial charge in [0, 0.05) is 17.4 Å². The summed E-state index contributed by atoms with van der Waals surface area (Å²) in [6.07, 6.45) is 1.52. The maximum atomic E-state index is 12.4. The Morgan fingerprint density at radius 3 is 2.78 bits per heavy atom. The first-order valence-electron chi connectivity index (χ1n) is 7.24. The fraction of sp³-hybridized carbons (Fsp3) is 0.294. The molecule has 0 fully saturated rings. The third-order valence-corrected chi connectivity index (χ3v) is 4.13. The lowest BCUT2D eigenvalue weighted by molar-refractivity contribution is -0.133. The van der Waals surface area contributed by atoms with Crippen molar-refractivity contribution in [2.45, 2.75) is 25.5 Å². The average Bonchev–Trinajstić information content (AvgIpc) is 2.97. The smallest absolute Gasteiger partial charge is 0.313 e. The van der Waals surface area contributed by atoms with Gasteiger partial charge in [0.2, 0.25) is 0 Å². The third kappa shape index (κ3) is 4.89. The molecule has 23 heavy (non-hydrogen) atoms. The van der Waals surface area contributed by atoms with E-state index in [4.69, 9.17) is 9.52 Å². The fourth-order valence-electron chi connectivity index (χ4n) is 2.15. The lowest BCUT2D eigenvalue weighted by atomic mass is 10.1. The van der Waals surface area contributed by atoms with Gasteiger partial charge in [-0.2, -0.15) is 0 Å². The normalized spacial score (nSPS) is 10.7. The van der Waals surface area contributed by atoms with Crippen LogP contribution in [0.15, 0.2) is 41.0 Å². The minimum Gasteiger partial charge on any atom is -0.481 e. The molecule has 0 saturated heterocycles. The van der Waals surface area contributed by atoms with Crippen molar-refractivity contribution < 1.29 is 19.1 Å². The maximum Gasteiger partial charge on any atom is 0.313 e. The summed E-state index contributed by atoms with van der Waals surface area (Å²) in [5, 5.41) is 11.5. The number of benzene rings is 1. The Morgan fingerprint density at radius 1 is 1.30 bits per heavy atom. The molecule has 0 spiro atoms. The van der Waals surface area contributed by atoms with Crippen LogP contribution < -0.4 is 5.32 Å². The lowest BCUT2D eigenvalue weighted by Crippen LogP contribution is -2.13. The molecular formula is C17H19NO4S. The number of carboxylic acid groups (broad SMARTS) is 1. The second-order valence-corrected chi connectivity index (χ2v) is 6.38. The molecule has 0 aliphatic heterocycles. The Morgan fingerprint density at radius 2 is 2.09 bits per heavy atom. The highest BCUT2D eigenvalue weighted by Crippen LogP contribution is 2.22. The van der Waals surface area contributed by atoms with Crippen LogP contribution >= 0.6 is 11.8 Å². The zero-order chi connectivity index (χ0) is 16.8. The van der Waals surface area contributed by atoms with Gasteiger partial charge in [0.25, 0.3) is 5.91 Å². The van der Waals surface area contributed by atoms with E-state index in [9.17, 15) is 9.59 Å². The molecule has 5 nitrogen and oxygen atoms in total. The van der Waals surface area contributed by atoms with Crippen LogP contribution in [0.5, 0.6) is 0 Å². The number of amides is 1. The molecule has 0 aliphatic carbocycles. The molecule has 2 aromatic rings. The largest absolute Gasteiger partial charge is 0.481 e. The van der Waals surface area contributed by atoms with Gasteiger partial charge in [0.1, 0.15) is 5.76 Å². The standard InChI is InChI=1S/C17H19NO4S/c1-11(2)16-14(6-7-22-16)17(21)18-13-5-3-4-12(8-13)9-23-10-15(19)20/h3-8,11H,9-10H2,1-2H3,(H,18,21)(H,19,20). The van der Waals surface area contributed by atoms with E-state index < -0.39 is 5.97 Å². The predicted octanol–water partition coefficient (Wildman–Crippen LogP) is 3.97. The molecule has 0 atom stereocenters. The van der Waals surface area contributed by atoms with Gasteiger partial charge in [-0.1, -0.05) is 26.0 Å². The highest BCUT2D eigenvalue weighted by atomic mass is 32.2. The van der Waals surface area contributed by atoms with Crippen LogP contribution in [0.4, 0.5) is 5.69 Å². The molecule has 2 rings (SSSR count). The third-order valence-electron chi connectivity index (χ3n) is 3.14. The van der Waals surface area contributed by atoms with E-state index in [0.717, 1.165) is 5.56 Å². The molecule has 122 valence electrons. The number of hydrogen-bond donors (Lipinski definition) is 2. The second-order valence-electron chi connectivity index (χ2n) is 5.39. The van der Waals surface area contributed by atoms with Crippen molar-refractivity contribution >= 4 is 29.3 Å². The fourth-order valence-corrected chi connectivity index (χ4v) is 2.84. The molecular weight excluding hydrogens is 314 g/mol. The Labute approximate surface area is 139 Å². The van der Waals surface area contributed by atoms with Gasteiger partial charge >= 0.3 is 5.97 Å². The van der Waals surface area contributed by atoms with Crippen LogP contribution in [0, 0.1) is 0 Å². The molecule has 0 aliphatic rings. The summed E-state index contributed by atoms with van der Waals surface area (Å²) >= 11 is 1.32. The number of thioether (sulfide) groups is 1. The zero-order valence-electron chi connectivity index (χ0n) is 13.0. The molecule has 0 unspecified atom stereocenters. The summed E-state index contributed by atoms with van der Waals surface area (Å²) in [6.45, 7) is 3.94. The van der Waals surface area contributed by atoms with E-state index in [2.05, 4.69) is 5.32 Å². The maximum absolute atomic E-state index is 12.4. The van der Waals surface area contributed by atoms with E-state index in [-0.39, 0.29) is 17.6 Å². The predicted molar refractivity (Wildman–Crippen MR) is 91.0 cm³/mol. The van der Waals surface area contributed by atoms with Crippen molar-refractivity contribution in [1.82, 2.24) is 0 Å². The van der Waals surface area contributed by atoms with Crippen LogP contribution in [0.1, 0.15) is 41.4 Å². The first-order valence-corrected chi connectivity index (χ1v) is 8.40. The zero-order valence-corrected chi connectivity index (χ0v) is 13.9. The van der Waals surface area contributed by atoms with E-state index in [0.29, 0.717) is 22.8 Å². The van der Waals surface area contributed by atoms with Crippen molar-refractivity contribution in [1.29, 1.82) is 0 Å². The summed E-state index contributed by atoms with van der Waals surface area (Å²) in [5.74, 6) is 0.390. The lowest BCUT2D eigenvalue weighted by Gasteiger charge is -2.08. The highest BCUT2D eigenvalue weighted by Gasteiger charge is 2.17. The van der Waals surface area contributed by atoms with E-state index in [1.807, 2.05) is 32.0 Å². The molecule has 0 bridgehead atoms. The molecule has 1 amide bonds. The quantitative estimate of drug-likeness (QED) is 0.801. The second kappa shape index (κ2) is 7.87. The Balaban J connectivity index is 2.03. The number of anilines is 1. The van der Waals surface area contributed by atoms with Gasteiger partial charge in [-0.05, 0) is 23.8 Å².